The fourth-order valence-electron chi connectivity index (χ4n) is 2.29. The normalized spacial score (nSPS) is 10.2. The highest BCUT2D eigenvalue weighted by molar-refractivity contribution is 6.33. The van der Waals surface area contributed by atoms with E-state index >= 15 is 0 Å². The smallest absolute Gasteiger partial charge is 0.236 e. The van der Waals surface area contributed by atoms with Crippen molar-refractivity contribution in [2.24, 2.45) is 0 Å². The van der Waals surface area contributed by atoms with Gasteiger partial charge in [0, 0.05) is 12.2 Å². The van der Waals surface area contributed by atoms with Crippen molar-refractivity contribution in [1.82, 2.24) is 0 Å². The third-order valence-corrected chi connectivity index (χ3v) is 3.72. The topological polar surface area (TPSA) is 49.4 Å². The Morgan fingerprint density at radius 3 is 2.52 bits per heavy atom. The minimum Gasteiger partial charge on any atom is -0.324 e. The molecule has 2 aromatic carbocycles. The molecule has 0 fully saturated rings. The van der Waals surface area contributed by atoms with Crippen molar-refractivity contribution in [2.75, 3.05) is 16.8 Å². The molecule has 0 unspecified atom stereocenters. The number of amides is 2. The summed E-state index contributed by atoms with van der Waals surface area (Å²) in [5.41, 5.74) is 2.36. The van der Waals surface area contributed by atoms with E-state index in [-0.39, 0.29) is 18.2 Å². The molecule has 0 bridgehead atoms. The summed E-state index contributed by atoms with van der Waals surface area (Å²) in [7, 11) is 0. The summed E-state index contributed by atoms with van der Waals surface area (Å²) in [5.74, 6) is -0.628. The molecule has 2 aromatic rings. The number of rotatable bonds is 5. The molecule has 0 atom stereocenters. The lowest BCUT2D eigenvalue weighted by atomic mass is 10.2. The van der Waals surface area contributed by atoms with Crippen LogP contribution in [0.5, 0.6) is 0 Å². The van der Waals surface area contributed by atoms with Crippen LogP contribution in [0.1, 0.15) is 18.9 Å². The molecule has 4 nitrogen and oxygen atoms in total. The third-order valence-electron chi connectivity index (χ3n) is 3.39. The number of carbonyl (C=O) groups excluding carboxylic acids is 2. The maximum atomic E-state index is 12.4. The molecule has 2 amide bonds. The summed E-state index contributed by atoms with van der Waals surface area (Å²) in [6.45, 7) is 4.35. The van der Waals surface area contributed by atoms with E-state index in [1.807, 2.05) is 38.1 Å². The zero-order chi connectivity index (χ0) is 16.8. The van der Waals surface area contributed by atoms with Crippen molar-refractivity contribution < 1.29 is 9.59 Å². The molecule has 23 heavy (non-hydrogen) atoms. The van der Waals surface area contributed by atoms with E-state index in [4.69, 9.17) is 11.6 Å². The Bertz CT molecular complexity index is 716. The summed E-state index contributed by atoms with van der Waals surface area (Å²) in [5, 5.41) is 3.11. The van der Waals surface area contributed by atoms with Crippen LogP contribution in [0.3, 0.4) is 0 Å². The Morgan fingerprint density at radius 2 is 1.87 bits per heavy atom. The van der Waals surface area contributed by atoms with Crippen LogP contribution >= 0.6 is 11.6 Å². The fourth-order valence-corrected chi connectivity index (χ4v) is 2.47. The van der Waals surface area contributed by atoms with E-state index in [0.29, 0.717) is 17.3 Å². The molecule has 0 aliphatic heterocycles. The van der Waals surface area contributed by atoms with Gasteiger partial charge in [0.25, 0.3) is 0 Å². The Hall–Kier alpha value is -2.33. The number of para-hydroxylation sites is 1. The van der Waals surface area contributed by atoms with Crippen molar-refractivity contribution in [3.63, 3.8) is 0 Å². The van der Waals surface area contributed by atoms with Crippen LogP contribution < -0.4 is 10.2 Å². The van der Waals surface area contributed by atoms with Crippen LogP contribution in [0.15, 0.2) is 48.5 Å². The molecule has 0 heterocycles. The van der Waals surface area contributed by atoms with Crippen LogP contribution in [-0.4, -0.2) is 18.4 Å². The van der Waals surface area contributed by atoms with Crippen molar-refractivity contribution in [1.29, 1.82) is 0 Å². The first kappa shape index (κ1) is 17.0. The van der Waals surface area contributed by atoms with Crippen molar-refractivity contribution in [3.8, 4) is 0 Å². The van der Waals surface area contributed by atoms with Crippen LogP contribution in [-0.2, 0) is 9.59 Å². The van der Waals surface area contributed by atoms with E-state index in [2.05, 4.69) is 5.32 Å². The zero-order valence-corrected chi connectivity index (χ0v) is 13.9. The van der Waals surface area contributed by atoms with E-state index in [1.165, 1.54) is 0 Å². The first-order valence-electron chi connectivity index (χ1n) is 7.42. The molecule has 120 valence electrons. The van der Waals surface area contributed by atoms with Gasteiger partial charge in [0.15, 0.2) is 0 Å². The van der Waals surface area contributed by atoms with Gasteiger partial charge in [-0.25, -0.2) is 0 Å². The predicted octanol–water partition coefficient (Wildman–Crippen LogP) is 4.03. The van der Waals surface area contributed by atoms with Gasteiger partial charge >= 0.3 is 0 Å². The molecule has 0 saturated carbocycles. The second-order valence-corrected chi connectivity index (χ2v) is 5.59. The molecule has 1 N–H and O–H groups in total. The summed E-state index contributed by atoms with van der Waals surface area (Å²) in [6.07, 6.45) is -0.229. The summed E-state index contributed by atoms with van der Waals surface area (Å²) in [6, 6.07) is 14.6. The zero-order valence-electron chi connectivity index (χ0n) is 13.2. The van der Waals surface area contributed by atoms with Crippen LogP contribution in [0, 0.1) is 6.92 Å². The van der Waals surface area contributed by atoms with Gasteiger partial charge in [0.2, 0.25) is 11.8 Å². The standard InChI is InChI=1S/C18H19ClN2O2/c1-3-21(14-8-6-7-13(2)11-14)18(23)12-17(22)20-16-10-5-4-9-15(16)19/h4-11H,3,12H2,1-2H3,(H,20,22). The Kier molecular flexibility index (Phi) is 5.77. The number of carbonyl (C=O) groups is 2. The number of anilines is 2. The van der Waals surface area contributed by atoms with Crippen molar-refractivity contribution in [2.45, 2.75) is 20.3 Å². The lowest BCUT2D eigenvalue weighted by molar-refractivity contribution is -0.125. The van der Waals surface area contributed by atoms with Gasteiger partial charge in [-0.3, -0.25) is 9.59 Å². The number of nitrogens with zero attached hydrogens (tertiary/aromatic N) is 1. The maximum Gasteiger partial charge on any atom is 0.236 e. The SMILES string of the molecule is CCN(C(=O)CC(=O)Nc1ccccc1Cl)c1cccc(C)c1. The van der Waals surface area contributed by atoms with Crippen LogP contribution in [0.2, 0.25) is 5.02 Å². The molecule has 0 radical (unpaired) electrons. The van der Waals surface area contributed by atoms with Crippen molar-refractivity contribution >= 4 is 34.8 Å². The molecular formula is C18H19ClN2O2. The van der Waals surface area contributed by atoms with E-state index in [0.717, 1.165) is 11.3 Å². The number of hydrogen-bond donors (Lipinski definition) is 1. The average Bonchev–Trinajstić information content (AvgIpc) is 2.50. The van der Waals surface area contributed by atoms with Gasteiger partial charge in [-0.15, -0.1) is 0 Å². The Labute approximate surface area is 141 Å². The number of hydrogen-bond acceptors (Lipinski definition) is 2. The monoisotopic (exact) mass is 330 g/mol. The maximum absolute atomic E-state index is 12.4. The highest BCUT2D eigenvalue weighted by Gasteiger charge is 2.18. The minimum atomic E-state index is -0.380. The second-order valence-electron chi connectivity index (χ2n) is 5.18. The first-order chi connectivity index (χ1) is 11.0. The molecule has 2 rings (SSSR count). The van der Waals surface area contributed by atoms with E-state index in [1.54, 1.807) is 29.2 Å². The molecule has 0 spiro atoms. The average molecular weight is 331 g/mol. The molecule has 5 heteroatoms. The lowest BCUT2D eigenvalue weighted by Crippen LogP contribution is -2.33. The highest BCUT2D eigenvalue weighted by Crippen LogP contribution is 2.21. The quantitative estimate of drug-likeness (QED) is 0.841. The van der Waals surface area contributed by atoms with Crippen molar-refractivity contribution in [3.05, 3.63) is 59.1 Å². The highest BCUT2D eigenvalue weighted by atomic mass is 35.5. The number of benzene rings is 2. The van der Waals surface area contributed by atoms with E-state index < -0.39 is 0 Å². The largest absolute Gasteiger partial charge is 0.324 e. The first-order valence-corrected chi connectivity index (χ1v) is 7.80. The van der Waals surface area contributed by atoms with Gasteiger partial charge in [-0.1, -0.05) is 35.9 Å². The van der Waals surface area contributed by atoms with Gasteiger partial charge in [-0.05, 0) is 43.7 Å². The Morgan fingerprint density at radius 1 is 1.13 bits per heavy atom. The predicted molar refractivity (Wildman–Crippen MR) is 93.9 cm³/mol. The second kappa shape index (κ2) is 7.79. The number of nitrogens with one attached hydrogen (secondary N) is 1. The molecular weight excluding hydrogens is 312 g/mol. The van der Waals surface area contributed by atoms with Gasteiger partial charge < -0.3 is 10.2 Å². The van der Waals surface area contributed by atoms with Gasteiger partial charge in [0.05, 0.1) is 10.7 Å². The van der Waals surface area contributed by atoms with E-state index in [9.17, 15) is 9.59 Å². The molecule has 0 saturated heterocycles. The fraction of sp³-hybridized carbons (Fsp3) is 0.222. The molecule has 0 aliphatic carbocycles. The summed E-state index contributed by atoms with van der Waals surface area (Å²) >= 11 is 6.00. The Balaban J connectivity index is 2.05. The summed E-state index contributed by atoms with van der Waals surface area (Å²) in [4.78, 5) is 26.1. The third kappa shape index (κ3) is 4.57. The number of halogens is 1. The van der Waals surface area contributed by atoms with Crippen LogP contribution in [0.4, 0.5) is 11.4 Å². The summed E-state index contributed by atoms with van der Waals surface area (Å²) < 4.78 is 0. The number of aryl methyl sites for hydroxylation is 1. The lowest BCUT2D eigenvalue weighted by Gasteiger charge is -2.21. The minimum absolute atomic E-state index is 0.229. The molecule has 0 aromatic heterocycles. The van der Waals surface area contributed by atoms with Gasteiger partial charge in [0.1, 0.15) is 6.42 Å². The van der Waals surface area contributed by atoms with Crippen LogP contribution in [0.25, 0.3) is 0 Å². The van der Waals surface area contributed by atoms with Gasteiger partial charge in [-0.2, -0.15) is 0 Å². The molecule has 0 aliphatic rings.